The summed E-state index contributed by atoms with van der Waals surface area (Å²) in [5.74, 6) is -0.980. The number of rotatable bonds is 29. The number of ether oxygens (including phenoxy) is 6. The van der Waals surface area contributed by atoms with Crippen LogP contribution in [0, 0.1) is 0 Å². The van der Waals surface area contributed by atoms with Crippen LogP contribution in [0.1, 0.15) is 77.6 Å². The van der Waals surface area contributed by atoms with Gasteiger partial charge in [-0.05, 0) is 6.42 Å². The molecule has 0 radical (unpaired) electrons. The lowest BCUT2D eigenvalue weighted by Crippen LogP contribution is -2.15. The Morgan fingerprint density at radius 1 is 0.455 bits per heavy atom. The van der Waals surface area contributed by atoms with E-state index >= 15 is 0 Å². The number of aliphatic carboxylic acids is 1. The fourth-order valence-electron chi connectivity index (χ4n) is 3.13. The van der Waals surface area contributed by atoms with Gasteiger partial charge in [-0.25, -0.2) is 4.79 Å². The minimum absolute atomic E-state index is 0.264. The van der Waals surface area contributed by atoms with E-state index in [1.807, 2.05) is 0 Å². The van der Waals surface area contributed by atoms with Crippen LogP contribution in [0.3, 0.4) is 0 Å². The first kappa shape index (κ1) is 32.2. The third-order valence-electron chi connectivity index (χ3n) is 4.98. The molecule has 0 aliphatic heterocycles. The van der Waals surface area contributed by atoms with Crippen LogP contribution in [0.15, 0.2) is 0 Å². The van der Waals surface area contributed by atoms with Crippen molar-refractivity contribution in [2.75, 3.05) is 79.3 Å². The summed E-state index contributed by atoms with van der Waals surface area (Å²) in [5, 5.41) is 8.40. The predicted molar refractivity (Wildman–Crippen MR) is 129 cm³/mol. The van der Waals surface area contributed by atoms with Gasteiger partial charge in [0.05, 0.1) is 66.1 Å². The highest BCUT2D eigenvalue weighted by Gasteiger charge is 1.97. The molecule has 0 rings (SSSR count). The van der Waals surface area contributed by atoms with Gasteiger partial charge >= 0.3 is 5.97 Å². The second-order valence-corrected chi connectivity index (χ2v) is 8.04. The second-order valence-electron chi connectivity index (χ2n) is 8.04. The SMILES string of the molecule is CCCCCCCCCCCCCOCCOCCOCCOCCOCCOCC(=O)O. The number of hydrogen-bond donors (Lipinski definition) is 1. The summed E-state index contributed by atoms with van der Waals surface area (Å²) in [6, 6.07) is 0. The zero-order chi connectivity index (χ0) is 24.1. The largest absolute Gasteiger partial charge is 0.480 e. The summed E-state index contributed by atoms with van der Waals surface area (Å²) in [6.45, 7) is 7.68. The Morgan fingerprint density at radius 2 is 0.758 bits per heavy atom. The number of hydrogen-bond acceptors (Lipinski definition) is 7. The normalized spacial score (nSPS) is 11.3. The van der Waals surface area contributed by atoms with Crippen LogP contribution >= 0.6 is 0 Å². The molecule has 0 aromatic carbocycles. The molecular formula is C25H50O8. The van der Waals surface area contributed by atoms with Crippen molar-refractivity contribution in [2.45, 2.75) is 77.6 Å². The lowest BCUT2D eigenvalue weighted by Gasteiger charge is -2.08. The maximum absolute atomic E-state index is 10.2. The van der Waals surface area contributed by atoms with Gasteiger partial charge in [0, 0.05) is 6.61 Å². The van der Waals surface area contributed by atoms with Crippen molar-refractivity contribution in [2.24, 2.45) is 0 Å². The number of carbonyl (C=O) groups is 1. The fraction of sp³-hybridized carbons (Fsp3) is 0.960. The lowest BCUT2D eigenvalue weighted by molar-refractivity contribution is -0.142. The Balaban J connectivity index is 3.01. The molecule has 0 amide bonds. The zero-order valence-corrected chi connectivity index (χ0v) is 21.1. The molecule has 0 fully saturated rings. The molecule has 0 saturated carbocycles. The van der Waals surface area contributed by atoms with E-state index in [4.69, 9.17) is 33.5 Å². The molecule has 0 saturated heterocycles. The monoisotopic (exact) mass is 478 g/mol. The van der Waals surface area contributed by atoms with Crippen molar-refractivity contribution >= 4 is 5.97 Å². The van der Waals surface area contributed by atoms with Gasteiger partial charge in [-0.2, -0.15) is 0 Å². The van der Waals surface area contributed by atoms with Crippen LogP contribution in [0.4, 0.5) is 0 Å². The molecule has 1 N–H and O–H groups in total. The van der Waals surface area contributed by atoms with Gasteiger partial charge in [-0.3, -0.25) is 0 Å². The van der Waals surface area contributed by atoms with Crippen LogP contribution < -0.4 is 0 Å². The Morgan fingerprint density at radius 3 is 1.12 bits per heavy atom. The first-order valence-corrected chi connectivity index (χ1v) is 13.0. The van der Waals surface area contributed by atoms with Crippen molar-refractivity contribution in [1.82, 2.24) is 0 Å². The van der Waals surface area contributed by atoms with Crippen molar-refractivity contribution in [3.63, 3.8) is 0 Å². The molecule has 8 nitrogen and oxygen atoms in total. The Hall–Kier alpha value is -0.770. The van der Waals surface area contributed by atoms with Gasteiger partial charge in [-0.15, -0.1) is 0 Å². The van der Waals surface area contributed by atoms with E-state index in [9.17, 15) is 4.79 Å². The molecule has 0 aliphatic carbocycles. The van der Waals surface area contributed by atoms with Gasteiger partial charge in [-0.1, -0.05) is 71.1 Å². The number of carboxylic acid groups (broad SMARTS) is 1. The predicted octanol–water partition coefficient (Wildman–Crippen LogP) is 4.48. The molecule has 0 aromatic rings. The van der Waals surface area contributed by atoms with E-state index in [-0.39, 0.29) is 13.2 Å². The quantitative estimate of drug-likeness (QED) is 0.157. The van der Waals surface area contributed by atoms with Crippen LogP contribution in [-0.4, -0.2) is 90.4 Å². The first-order chi connectivity index (χ1) is 16.3. The zero-order valence-electron chi connectivity index (χ0n) is 21.1. The minimum Gasteiger partial charge on any atom is -0.480 e. The lowest BCUT2D eigenvalue weighted by atomic mass is 10.1. The van der Waals surface area contributed by atoms with E-state index in [1.54, 1.807) is 0 Å². The molecule has 0 aromatic heterocycles. The van der Waals surface area contributed by atoms with Crippen LogP contribution in [-0.2, 0) is 33.2 Å². The second kappa shape index (κ2) is 29.3. The smallest absolute Gasteiger partial charge is 0.329 e. The molecule has 0 heterocycles. The number of carboxylic acids is 1. The van der Waals surface area contributed by atoms with Crippen molar-refractivity contribution in [3.8, 4) is 0 Å². The Labute approximate surface area is 201 Å². The molecule has 0 aliphatic rings. The highest BCUT2D eigenvalue weighted by atomic mass is 16.6. The summed E-state index contributed by atoms with van der Waals surface area (Å²) >= 11 is 0. The van der Waals surface area contributed by atoms with Gasteiger partial charge < -0.3 is 33.5 Å². The van der Waals surface area contributed by atoms with Crippen LogP contribution in [0.5, 0.6) is 0 Å². The highest BCUT2D eigenvalue weighted by molar-refractivity contribution is 5.67. The Kier molecular flexibility index (Phi) is 28.6. The topological polar surface area (TPSA) is 92.7 Å². The van der Waals surface area contributed by atoms with Crippen LogP contribution in [0.2, 0.25) is 0 Å². The summed E-state index contributed by atoms with van der Waals surface area (Å²) in [6.07, 6.45) is 14.8. The summed E-state index contributed by atoms with van der Waals surface area (Å²) in [7, 11) is 0. The fourth-order valence-corrected chi connectivity index (χ4v) is 3.13. The maximum atomic E-state index is 10.2. The maximum Gasteiger partial charge on any atom is 0.329 e. The standard InChI is InChI=1S/C25H50O8/c1-2-3-4-5-6-7-8-9-10-11-12-13-28-14-15-29-16-17-30-18-19-31-20-21-32-22-23-33-24-25(26)27/h2-24H2,1H3,(H,26,27). The summed E-state index contributed by atoms with van der Waals surface area (Å²) < 4.78 is 32.0. The highest BCUT2D eigenvalue weighted by Crippen LogP contribution is 2.11. The summed E-state index contributed by atoms with van der Waals surface area (Å²) in [5.41, 5.74) is 0. The van der Waals surface area contributed by atoms with Crippen molar-refractivity contribution in [1.29, 1.82) is 0 Å². The Bertz CT molecular complexity index is 381. The van der Waals surface area contributed by atoms with Gasteiger partial charge in [0.2, 0.25) is 0 Å². The molecular weight excluding hydrogens is 428 g/mol. The van der Waals surface area contributed by atoms with E-state index in [0.717, 1.165) is 13.0 Å². The minimum atomic E-state index is -0.980. The molecule has 198 valence electrons. The van der Waals surface area contributed by atoms with E-state index in [2.05, 4.69) is 6.92 Å². The average molecular weight is 479 g/mol. The summed E-state index contributed by atoms with van der Waals surface area (Å²) in [4.78, 5) is 10.2. The molecule has 0 spiro atoms. The number of unbranched alkanes of at least 4 members (excludes halogenated alkanes) is 10. The first-order valence-electron chi connectivity index (χ1n) is 13.0. The third kappa shape index (κ3) is 31.2. The molecule has 0 unspecified atom stereocenters. The van der Waals surface area contributed by atoms with Gasteiger partial charge in [0.15, 0.2) is 0 Å². The van der Waals surface area contributed by atoms with E-state index in [1.165, 1.54) is 64.2 Å². The van der Waals surface area contributed by atoms with Crippen molar-refractivity contribution < 1.29 is 38.3 Å². The van der Waals surface area contributed by atoms with E-state index < -0.39 is 5.97 Å². The molecule has 33 heavy (non-hydrogen) atoms. The average Bonchev–Trinajstić information content (AvgIpc) is 2.80. The third-order valence-corrected chi connectivity index (χ3v) is 4.98. The molecule has 8 heteroatoms. The van der Waals surface area contributed by atoms with E-state index in [0.29, 0.717) is 59.5 Å². The van der Waals surface area contributed by atoms with Gasteiger partial charge in [0.1, 0.15) is 6.61 Å². The van der Waals surface area contributed by atoms with Crippen molar-refractivity contribution in [3.05, 3.63) is 0 Å². The molecule has 0 atom stereocenters. The van der Waals surface area contributed by atoms with Crippen LogP contribution in [0.25, 0.3) is 0 Å². The van der Waals surface area contributed by atoms with Gasteiger partial charge in [0.25, 0.3) is 0 Å². The molecule has 0 bridgehead atoms.